The monoisotopic (exact) mass is 323 g/mol. The highest BCUT2D eigenvalue weighted by Crippen LogP contribution is 2.30. The Morgan fingerprint density at radius 2 is 1.76 bits per heavy atom. The second-order valence-corrected chi connectivity index (χ2v) is 5.78. The van der Waals surface area contributed by atoms with Gasteiger partial charge in [-0.3, -0.25) is 0 Å². The highest BCUT2D eigenvalue weighted by Gasteiger charge is 2.19. The third-order valence-electron chi connectivity index (χ3n) is 3.19. The van der Waals surface area contributed by atoms with Crippen LogP contribution < -0.4 is 14.8 Å². The molecule has 21 heavy (non-hydrogen) atoms. The molecular formula is C16H15Cl2NO2. The Bertz CT molecular complexity index is 613. The van der Waals surface area contributed by atoms with Crippen LogP contribution in [0.1, 0.15) is 5.56 Å². The standard InChI is InChI=1S/C16H15Cl2NO2/c17-12-5-11(6-13(18)7-12)8-19-9-14-10-20-15-3-1-2-4-16(15)21-14/h1-7,14,19H,8-10H2. The highest BCUT2D eigenvalue weighted by molar-refractivity contribution is 6.34. The molecule has 1 unspecified atom stereocenters. The summed E-state index contributed by atoms with van der Waals surface area (Å²) in [5.41, 5.74) is 1.05. The van der Waals surface area contributed by atoms with E-state index in [1.807, 2.05) is 36.4 Å². The average molecular weight is 324 g/mol. The van der Waals surface area contributed by atoms with E-state index in [-0.39, 0.29) is 6.10 Å². The lowest BCUT2D eigenvalue weighted by molar-refractivity contribution is 0.0902. The second-order valence-electron chi connectivity index (χ2n) is 4.91. The van der Waals surface area contributed by atoms with Crippen molar-refractivity contribution in [3.63, 3.8) is 0 Å². The van der Waals surface area contributed by atoms with E-state index in [2.05, 4.69) is 5.32 Å². The zero-order valence-corrected chi connectivity index (χ0v) is 12.8. The van der Waals surface area contributed by atoms with Crippen molar-refractivity contribution in [3.05, 3.63) is 58.1 Å². The van der Waals surface area contributed by atoms with E-state index in [0.717, 1.165) is 17.1 Å². The van der Waals surface area contributed by atoms with Crippen molar-refractivity contribution >= 4 is 23.2 Å². The SMILES string of the molecule is Clc1cc(Cl)cc(CNCC2COc3ccccc3O2)c1. The molecule has 1 N–H and O–H groups in total. The summed E-state index contributed by atoms with van der Waals surface area (Å²) in [5.74, 6) is 1.59. The summed E-state index contributed by atoms with van der Waals surface area (Å²) in [6.07, 6.45) is -0.00504. The Kier molecular flexibility index (Phi) is 4.54. The van der Waals surface area contributed by atoms with Crippen molar-refractivity contribution < 1.29 is 9.47 Å². The Balaban J connectivity index is 1.52. The molecule has 0 fully saturated rings. The molecule has 110 valence electrons. The van der Waals surface area contributed by atoms with Gasteiger partial charge in [0.1, 0.15) is 12.7 Å². The summed E-state index contributed by atoms with van der Waals surface area (Å²) in [5, 5.41) is 4.62. The van der Waals surface area contributed by atoms with Gasteiger partial charge in [0.25, 0.3) is 0 Å². The Hall–Kier alpha value is -1.42. The fourth-order valence-corrected chi connectivity index (χ4v) is 2.83. The van der Waals surface area contributed by atoms with E-state index in [0.29, 0.717) is 29.7 Å². The molecule has 3 nitrogen and oxygen atoms in total. The van der Waals surface area contributed by atoms with Gasteiger partial charge in [-0.25, -0.2) is 0 Å². The fourth-order valence-electron chi connectivity index (χ4n) is 2.25. The Morgan fingerprint density at radius 1 is 1.05 bits per heavy atom. The van der Waals surface area contributed by atoms with Gasteiger partial charge in [-0.15, -0.1) is 0 Å². The van der Waals surface area contributed by atoms with E-state index in [9.17, 15) is 0 Å². The predicted molar refractivity (Wildman–Crippen MR) is 84.5 cm³/mol. The quantitative estimate of drug-likeness (QED) is 0.924. The molecule has 1 heterocycles. The van der Waals surface area contributed by atoms with Crippen LogP contribution in [0.4, 0.5) is 0 Å². The van der Waals surface area contributed by atoms with Gasteiger partial charge in [0.2, 0.25) is 0 Å². The predicted octanol–water partition coefficient (Wildman–Crippen LogP) is 3.92. The minimum absolute atomic E-state index is 0.00504. The molecule has 0 saturated carbocycles. The molecule has 3 rings (SSSR count). The summed E-state index contributed by atoms with van der Waals surface area (Å²) in [7, 11) is 0. The van der Waals surface area contributed by atoms with Crippen molar-refractivity contribution in [2.24, 2.45) is 0 Å². The van der Waals surface area contributed by atoms with Crippen molar-refractivity contribution in [1.29, 1.82) is 0 Å². The molecule has 0 spiro atoms. The lowest BCUT2D eigenvalue weighted by atomic mass is 10.2. The van der Waals surface area contributed by atoms with Crippen LogP contribution in [0, 0.1) is 0 Å². The Labute approximate surface area is 133 Å². The van der Waals surface area contributed by atoms with Crippen molar-refractivity contribution in [3.8, 4) is 11.5 Å². The molecule has 1 atom stereocenters. The van der Waals surface area contributed by atoms with E-state index in [1.54, 1.807) is 6.07 Å². The van der Waals surface area contributed by atoms with Crippen molar-refractivity contribution in [1.82, 2.24) is 5.32 Å². The molecule has 0 amide bonds. The summed E-state index contributed by atoms with van der Waals surface area (Å²) in [6, 6.07) is 13.2. The van der Waals surface area contributed by atoms with Crippen LogP contribution >= 0.6 is 23.2 Å². The van der Waals surface area contributed by atoms with Crippen LogP contribution in [-0.2, 0) is 6.54 Å². The number of nitrogens with one attached hydrogen (secondary N) is 1. The zero-order valence-electron chi connectivity index (χ0n) is 11.3. The zero-order chi connectivity index (χ0) is 14.7. The van der Waals surface area contributed by atoms with E-state index in [4.69, 9.17) is 32.7 Å². The number of rotatable bonds is 4. The minimum Gasteiger partial charge on any atom is -0.486 e. The number of hydrogen-bond acceptors (Lipinski definition) is 3. The minimum atomic E-state index is -0.00504. The first-order valence-electron chi connectivity index (χ1n) is 6.75. The summed E-state index contributed by atoms with van der Waals surface area (Å²) in [6.45, 7) is 1.92. The van der Waals surface area contributed by atoms with E-state index < -0.39 is 0 Å². The first kappa shape index (κ1) is 14.5. The molecule has 0 aliphatic carbocycles. The van der Waals surface area contributed by atoms with Gasteiger partial charge in [-0.1, -0.05) is 35.3 Å². The molecule has 2 aromatic carbocycles. The van der Waals surface area contributed by atoms with E-state index in [1.165, 1.54) is 0 Å². The Morgan fingerprint density at radius 3 is 2.52 bits per heavy atom. The molecule has 2 aromatic rings. The fraction of sp³-hybridized carbons (Fsp3) is 0.250. The molecule has 0 aromatic heterocycles. The lowest BCUT2D eigenvalue weighted by Gasteiger charge is -2.26. The molecule has 5 heteroatoms. The van der Waals surface area contributed by atoms with Gasteiger partial charge in [0.05, 0.1) is 0 Å². The lowest BCUT2D eigenvalue weighted by Crippen LogP contribution is -2.38. The molecule has 1 aliphatic rings. The van der Waals surface area contributed by atoms with Gasteiger partial charge in [0, 0.05) is 23.1 Å². The summed E-state index contributed by atoms with van der Waals surface area (Å²) < 4.78 is 11.5. The molecule has 0 radical (unpaired) electrons. The van der Waals surface area contributed by atoms with Crippen molar-refractivity contribution in [2.45, 2.75) is 12.6 Å². The van der Waals surface area contributed by atoms with Crippen LogP contribution in [0.2, 0.25) is 10.0 Å². The maximum Gasteiger partial charge on any atom is 0.161 e. The maximum absolute atomic E-state index is 5.98. The largest absolute Gasteiger partial charge is 0.486 e. The number of fused-ring (bicyclic) bond motifs is 1. The van der Waals surface area contributed by atoms with Gasteiger partial charge in [0.15, 0.2) is 11.5 Å². The van der Waals surface area contributed by atoms with Gasteiger partial charge < -0.3 is 14.8 Å². The smallest absolute Gasteiger partial charge is 0.161 e. The van der Waals surface area contributed by atoms with Gasteiger partial charge >= 0.3 is 0 Å². The number of halogens is 2. The normalized spacial score (nSPS) is 16.8. The molecule has 1 aliphatic heterocycles. The van der Waals surface area contributed by atoms with Gasteiger partial charge in [-0.05, 0) is 35.9 Å². The van der Waals surface area contributed by atoms with Crippen LogP contribution in [0.25, 0.3) is 0 Å². The van der Waals surface area contributed by atoms with Crippen LogP contribution in [0.3, 0.4) is 0 Å². The van der Waals surface area contributed by atoms with Crippen molar-refractivity contribution in [2.75, 3.05) is 13.2 Å². The van der Waals surface area contributed by atoms with E-state index >= 15 is 0 Å². The molecular weight excluding hydrogens is 309 g/mol. The third kappa shape index (κ3) is 3.82. The van der Waals surface area contributed by atoms with Crippen LogP contribution in [-0.4, -0.2) is 19.3 Å². The summed E-state index contributed by atoms with van der Waals surface area (Å²) in [4.78, 5) is 0. The average Bonchev–Trinajstić information content (AvgIpc) is 2.46. The third-order valence-corrected chi connectivity index (χ3v) is 3.63. The first-order chi connectivity index (χ1) is 10.2. The maximum atomic E-state index is 5.98. The number of ether oxygens (including phenoxy) is 2. The molecule has 0 bridgehead atoms. The number of para-hydroxylation sites is 2. The van der Waals surface area contributed by atoms with Gasteiger partial charge in [-0.2, -0.15) is 0 Å². The van der Waals surface area contributed by atoms with Crippen LogP contribution in [0.5, 0.6) is 11.5 Å². The second kappa shape index (κ2) is 6.56. The number of hydrogen-bond donors (Lipinski definition) is 1. The summed E-state index contributed by atoms with van der Waals surface area (Å²) >= 11 is 12.0. The van der Waals surface area contributed by atoms with Crippen LogP contribution in [0.15, 0.2) is 42.5 Å². The number of benzene rings is 2. The topological polar surface area (TPSA) is 30.5 Å². The molecule has 0 saturated heterocycles. The first-order valence-corrected chi connectivity index (χ1v) is 7.50. The highest BCUT2D eigenvalue weighted by atomic mass is 35.5.